The average molecular weight is 337 g/mol. The summed E-state index contributed by atoms with van der Waals surface area (Å²) in [7, 11) is 1.53. The summed E-state index contributed by atoms with van der Waals surface area (Å²) in [6, 6.07) is 3.66. The van der Waals surface area contributed by atoms with Crippen molar-refractivity contribution in [2.75, 3.05) is 33.4 Å². The lowest BCUT2D eigenvalue weighted by Crippen LogP contribution is -2.54. The molecule has 2 N–H and O–H groups in total. The number of nitrogens with one attached hydrogen (secondary N) is 2. The van der Waals surface area contributed by atoms with E-state index >= 15 is 0 Å². The smallest absolute Gasteiger partial charge is 0.318 e. The number of hydrogen-bond acceptors (Lipinski definition) is 4. The molecular weight excluding hydrogens is 317 g/mol. The van der Waals surface area contributed by atoms with Gasteiger partial charge in [-0.1, -0.05) is 0 Å². The molecule has 8 heteroatoms. The Bertz CT molecular complexity index is 640. The fourth-order valence-electron chi connectivity index (χ4n) is 2.91. The van der Waals surface area contributed by atoms with E-state index < -0.39 is 6.10 Å². The number of carbonyl (C=O) groups excluding carboxylic acids is 2. The lowest BCUT2D eigenvalue weighted by atomic mass is 10.0. The van der Waals surface area contributed by atoms with Crippen molar-refractivity contribution >= 4 is 11.9 Å². The Balaban J connectivity index is 1.67. The third-order valence-corrected chi connectivity index (χ3v) is 4.20. The van der Waals surface area contributed by atoms with Gasteiger partial charge in [0, 0.05) is 25.6 Å². The van der Waals surface area contributed by atoms with Gasteiger partial charge in [-0.3, -0.25) is 4.79 Å². The Labute approximate surface area is 139 Å². The molecule has 24 heavy (non-hydrogen) atoms. The van der Waals surface area contributed by atoms with Crippen LogP contribution < -0.4 is 15.4 Å². The summed E-state index contributed by atoms with van der Waals surface area (Å²) in [4.78, 5) is 25.7. The number of halogens is 1. The van der Waals surface area contributed by atoms with E-state index in [9.17, 15) is 14.0 Å². The van der Waals surface area contributed by atoms with Crippen LogP contribution in [0.5, 0.6) is 5.75 Å². The largest absolute Gasteiger partial charge is 0.493 e. The van der Waals surface area contributed by atoms with Gasteiger partial charge in [-0.15, -0.1) is 0 Å². The topological polar surface area (TPSA) is 79.9 Å². The third kappa shape index (κ3) is 3.43. The van der Waals surface area contributed by atoms with Gasteiger partial charge in [0.25, 0.3) is 5.91 Å². The maximum Gasteiger partial charge on any atom is 0.318 e. The quantitative estimate of drug-likeness (QED) is 0.837. The van der Waals surface area contributed by atoms with Crippen LogP contribution in [0, 0.1) is 5.82 Å². The Morgan fingerprint density at radius 1 is 1.33 bits per heavy atom. The average Bonchev–Trinajstić information content (AvgIpc) is 2.61. The molecule has 2 unspecified atom stereocenters. The van der Waals surface area contributed by atoms with Gasteiger partial charge < -0.3 is 25.0 Å². The highest BCUT2D eigenvalue weighted by molar-refractivity contribution is 5.82. The van der Waals surface area contributed by atoms with Crippen molar-refractivity contribution in [2.45, 2.75) is 18.6 Å². The first-order valence-corrected chi connectivity index (χ1v) is 7.89. The van der Waals surface area contributed by atoms with Gasteiger partial charge in [0.05, 0.1) is 25.8 Å². The molecule has 1 fully saturated rings. The Morgan fingerprint density at radius 3 is 2.96 bits per heavy atom. The summed E-state index contributed by atoms with van der Waals surface area (Å²) in [5.41, 5.74) is 0.630. The molecule has 3 rings (SSSR count). The van der Waals surface area contributed by atoms with Crippen molar-refractivity contribution in [3.05, 3.63) is 29.6 Å². The summed E-state index contributed by atoms with van der Waals surface area (Å²) in [6.07, 6.45) is -0.111. The molecule has 7 nitrogen and oxygen atoms in total. The molecule has 0 aromatic heterocycles. The van der Waals surface area contributed by atoms with Crippen LogP contribution in [0.25, 0.3) is 0 Å². The van der Waals surface area contributed by atoms with E-state index in [-0.39, 0.29) is 30.3 Å². The van der Waals surface area contributed by atoms with E-state index in [2.05, 4.69) is 10.6 Å². The Hall–Kier alpha value is -2.35. The first-order valence-electron chi connectivity index (χ1n) is 7.89. The van der Waals surface area contributed by atoms with Crippen LogP contribution in [-0.4, -0.2) is 56.3 Å². The number of fused-ring (bicyclic) bond motifs is 1. The maximum absolute atomic E-state index is 13.5. The zero-order valence-electron chi connectivity index (χ0n) is 13.4. The molecule has 1 saturated heterocycles. The van der Waals surface area contributed by atoms with Gasteiger partial charge in [0.15, 0.2) is 6.10 Å². The second kappa shape index (κ2) is 7.04. The number of amides is 3. The minimum absolute atomic E-state index is 0.185. The van der Waals surface area contributed by atoms with E-state index in [1.165, 1.54) is 24.1 Å². The highest BCUT2D eigenvalue weighted by Crippen LogP contribution is 2.32. The van der Waals surface area contributed by atoms with Crippen LogP contribution in [0.15, 0.2) is 18.2 Å². The summed E-state index contributed by atoms with van der Waals surface area (Å²) in [6.45, 7) is 1.33. The zero-order valence-corrected chi connectivity index (χ0v) is 13.4. The van der Waals surface area contributed by atoms with Crippen LogP contribution in [0.4, 0.5) is 9.18 Å². The summed E-state index contributed by atoms with van der Waals surface area (Å²) in [5.74, 6) is -0.0475. The van der Waals surface area contributed by atoms with Gasteiger partial charge >= 0.3 is 6.03 Å². The van der Waals surface area contributed by atoms with E-state index in [1.54, 1.807) is 6.07 Å². The highest BCUT2D eigenvalue weighted by Gasteiger charge is 2.31. The maximum atomic E-state index is 13.5. The standard InChI is InChI=1S/C16H20FN3O4/c1-18-15(21)14-9-20(5-7-24-14)16(22)19-12-4-6-23-13-3-2-10(17)8-11(12)13/h2-3,8,12,14H,4-7,9H2,1H3,(H,18,21)(H,19,22). The molecule has 2 atom stereocenters. The molecule has 2 heterocycles. The first kappa shape index (κ1) is 16.5. The molecule has 0 aliphatic carbocycles. The molecule has 2 aliphatic rings. The van der Waals surface area contributed by atoms with E-state index in [1.807, 2.05) is 0 Å². The second-order valence-electron chi connectivity index (χ2n) is 5.74. The SMILES string of the molecule is CNC(=O)C1CN(C(=O)NC2CCOc3ccc(F)cc32)CCO1. The molecule has 0 bridgehead atoms. The van der Waals surface area contributed by atoms with Crippen LogP contribution >= 0.6 is 0 Å². The third-order valence-electron chi connectivity index (χ3n) is 4.20. The Morgan fingerprint density at radius 2 is 2.17 bits per heavy atom. The number of likely N-dealkylation sites (N-methyl/N-ethyl adjacent to an activating group) is 1. The monoisotopic (exact) mass is 337 g/mol. The van der Waals surface area contributed by atoms with Crippen LogP contribution in [0.3, 0.4) is 0 Å². The minimum atomic E-state index is -0.672. The zero-order chi connectivity index (χ0) is 17.1. The Kier molecular flexibility index (Phi) is 4.84. The van der Waals surface area contributed by atoms with E-state index in [0.717, 1.165) is 0 Å². The number of ether oxygens (including phenoxy) is 2. The van der Waals surface area contributed by atoms with Gasteiger partial charge in [0.2, 0.25) is 0 Å². The van der Waals surface area contributed by atoms with Gasteiger partial charge in [-0.25, -0.2) is 9.18 Å². The predicted octanol–water partition coefficient (Wildman–Crippen LogP) is 0.806. The summed E-state index contributed by atoms with van der Waals surface area (Å²) in [5, 5.41) is 5.42. The van der Waals surface area contributed by atoms with Gasteiger partial charge in [0.1, 0.15) is 11.6 Å². The summed E-state index contributed by atoms with van der Waals surface area (Å²) >= 11 is 0. The van der Waals surface area contributed by atoms with Crippen molar-refractivity contribution in [1.29, 1.82) is 0 Å². The molecule has 2 aliphatic heterocycles. The number of morpholine rings is 1. The molecule has 130 valence electrons. The van der Waals surface area contributed by atoms with Gasteiger partial charge in [-0.2, -0.15) is 0 Å². The highest BCUT2D eigenvalue weighted by atomic mass is 19.1. The van der Waals surface area contributed by atoms with Crippen molar-refractivity contribution in [2.24, 2.45) is 0 Å². The molecule has 1 aromatic rings. The number of rotatable bonds is 2. The van der Waals surface area contributed by atoms with Crippen molar-refractivity contribution in [3.63, 3.8) is 0 Å². The normalized spacial score (nSPS) is 23.0. The predicted molar refractivity (Wildman–Crippen MR) is 83.2 cm³/mol. The summed E-state index contributed by atoms with van der Waals surface area (Å²) < 4.78 is 24.4. The number of nitrogens with zero attached hydrogens (tertiary/aromatic N) is 1. The molecule has 1 aromatic carbocycles. The number of urea groups is 1. The minimum Gasteiger partial charge on any atom is -0.493 e. The van der Waals surface area contributed by atoms with Crippen LogP contribution in [0.1, 0.15) is 18.0 Å². The van der Waals surface area contributed by atoms with E-state index in [4.69, 9.17) is 9.47 Å². The molecule has 0 spiro atoms. The number of benzene rings is 1. The lowest BCUT2D eigenvalue weighted by molar-refractivity contribution is -0.136. The molecule has 3 amide bonds. The van der Waals surface area contributed by atoms with Crippen LogP contribution in [0.2, 0.25) is 0 Å². The fourth-order valence-corrected chi connectivity index (χ4v) is 2.91. The van der Waals surface area contributed by atoms with Crippen molar-refractivity contribution in [3.8, 4) is 5.75 Å². The van der Waals surface area contributed by atoms with Gasteiger partial charge in [-0.05, 0) is 18.2 Å². The second-order valence-corrected chi connectivity index (χ2v) is 5.74. The number of hydrogen-bond donors (Lipinski definition) is 2. The fraction of sp³-hybridized carbons (Fsp3) is 0.500. The lowest BCUT2D eigenvalue weighted by Gasteiger charge is -2.34. The van der Waals surface area contributed by atoms with Crippen molar-refractivity contribution < 1.29 is 23.5 Å². The molecule has 0 radical (unpaired) electrons. The molecular formula is C16H20FN3O4. The molecule has 0 saturated carbocycles. The van der Waals surface area contributed by atoms with Crippen molar-refractivity contribution in [1.82, 2.24) is 15.5 Å². The first-order chi connectivity index (χ1) is 11.6. The van der Waals surface area contributed by atoms with Crippen LogP contribution in [-0.2, 0) is 9.53 Å². The number of carbonyl (C=O) groups is 2. The van der Waals surface area contributed by atoms with E-state index in [0.29, 0.717) is 37.5 Å².